The van der Waals surface area contributed by atoms with Gasteiger partial charge in [-0.15, -0.1) is 0 Å². The van der Waals surface area contributed by atoms with Crippen molar-refractivity contribution >= 4 is 16.8 Å². The molecule has 4 rings (SSSR count). The Kier molecular flexibility index (Phi) is 3.12. The van der Waals surface area contributed by atoms with Gasteiger partial charge < -0.3 is 14.6 Å². The summed E-state index contributed by atoms with van der Waals surface area (Å²) in [5, 5.41) is 12.1. The fourth-order valence-electron chi connectivity index (χ4n) is 2.79. The monoisotopic (exact) mass is 282 g/mol. The highest BCUT2D eigenvalue weighted by Gasteiger charge is 2.15. The molecular formula is C16H18N4O. The van der Waals surface area contributed by atoms with Gasteiger partial charge in [0.1, 0.15) is 11.3 Å². The van der Waals surface area contributed by atoms with Crippen molar-refractivity contribution in [1.29, 1.82) is 0 Å². The van der Waals surface area contributed by atoms with E-state index in [-0.39, 0.29) is 0 Å². The first-order valence-corrected chi connectivity index (χ1v) is 7.40. The second-order valence-corrected chi connectivity index (χ2v) is 5.38. The Labute approximate surface area is 122 Å². The van der Waals surface area contributed by atoms with Crippen LogP contribution in [0.1, 0.15) is 6.42 Å². The minimum atomic E-state index is 0.836. The van der Waals surface area contributed by atoms with Gasteiger partial charge in [-0.05, 0) is 25.1 Å². The third-order valence-electron chi connectivity index (χ3n) is 3.92. The summed E-state index contributed by atoms with van der Waals surface area (Å²) in [6, 6.07) is 12.2. The molecule has 0 unspecified atom stereocenters. The van der Waals surface area contributed by atoms with Gasteiger partial charge in [0, 0.05) is 31.1 Å². The Morgan fingerprint density at radius 2 is 2.05 bits per heavy atom. The first kappa shape index (κ1) is 12.5. The van der Waals surface area contributed by atoms with Crippen LogP contribution >= 0.6 is 0 Å². The minimum Gasteiger partial charge on any atom is -0.454 e. The maximum Gasteiger partial charge on any atom is 0.153 e. The third kappa shape index (κ3) is 2.40. The van der Waals surface area contributed by atoms with Crippen molar-refractivity contribution in [3.05, 3.63) is 36.4 Å². The Morgan fingerprint density at radius 1 is 1.10 bits per heavy atom. The molecule has 108 valence electrons. The van der Waals surface area contributed by atoms with E-state index in [9.17, 15) is 0 Å². The summed E-state index contributed by atoms with van der Waals surface area (Å²) in [6.45, 7) is 4.12. The van der Waals surface area contributed by atoms with Gasteiger partial charge in [-0.1, -0.05) is 18.2 Å². The number of nitrogens with one attached hydrogen (secondary N) is 2. The van der Waals surface area contributed by atoms with Crippen LogP contribution < -0.4 is 10.2 Å². The van der Waals surface area contributed by atoms with Crippen LogP contribution in [-0.2, 0) is 0 Å². The number of nitrogens with zero attached hydrogens (tertiary/aromatic N) is 2. The highest BCUT2D eigenvalue weighted by molar-refractivity contribution is 5.82. The van der Waals surface area contributed by atoms with Crippen molar-refractivity contribution in [2.75, 3.05) is 31.1 Å². The minimum absolute atomic E-state index is 0.836. The van der Waals surface area contributed by atoms with Gasteiger partial charge >= 0.3 is 0 Å². The molecule has 3 heterocycles. The summed E-state index contributed by atoms with van der Waals surface area (Å²) in [5.74, 6) is 1.83. The summed E-state index contributed by atoms with van der Waals surface area (Å²) in [5.41, 5.74) is 1.83. The molecule has 5 heteroatoms. The summed E-state index contributed by atoms with van der Waals surface area (Å²) in [4.78, 5) is 2.31. The van der Waals surface area contributed by atoms with Crippen molar-refractivity contribution < 1.29 is 4.42 Å². The zero-order valence-corrected chi connectivity index (χ0v) is 11.8. The van der Waals surface area contributed by atoms with Crippen molar-refractivity contribution in [3.63, 3.8) is 0 Å². The van der Waals surface area contributed by atoms with Crippen LogP contribution in [0.3, 0.4) is 0 Å². The molecule has 1 saturated heterocycles. The second kappa shape index (κ2) is 5.26. The average molecular weight is 282 g/mol. The molecule has 1 aliphatic heterocycles. The zero-order chi connectivity index (χ0) is 14.1. The van der Waals surface area contributed by atoms with E-state index in [1.165, 1.54) is 0 Å². The number of fused-ring (bicyclic) bond motifs is 1. The molecule has 0 aliphatic carbocycles. The van der Waals surface area contributed by atoms with E-state index in [0.29, 0.717) is 0 Å². The molecule has 1 aromatic carbocycles. The SMILES string of the molecule is c1ccc2oc(-c3cc(N4CCCNCC4)n[nH]3)cc2c1. The van der Waals surface area contributed by atoms with Gasteiger partial charge in [-0.2, -0.15) is 5.10 Å². The van der Waals surface area contributed by atoms with Gasteiger partial charge in [0.05, 0.1) is 0 Å². The van der Waals surface area contributed by atoms with Crippen LogP contribution in [0.4, 0.5) is 5.82 Å². The van der Waals surface area contributed by atoms with E-state index >= 15 is 0 Å². The Balaban J connectivity index is 1.63. The molecule has 2 N–H and O–H groups in total. The number of para-hydroxylation sites is 1. The number of hydrogen-bond acceptors (Lipinski definition) is 4. The van der Waals surface area contributed by atoms with Crippen LogP contribution in [0, 0.1) is 0 Å². The smallest absolute Gasteiger partial charge is 0.153 e. The van der Waals surface area contributed by atoms with Crippen LogP contribution in [0.5, 0.6) is 0 Å². The largest absolute Gasteiger partial charge is 0.454 e. The lowest BCUT2D eigenvalue weighted by Crippen LogP contribution is -2.28. The topological polar surface area (TPSA) is 57.1 Å². The van der Waals surface area contributed by atoms with E-state index in [1.807, 2.05) is 18.2 Å². The lowest BCUT2D eigenvalue weighted by molar-refractivity contribution is 0.628. The predicted octanol–water partition coefficient (Wildman–Crippen LogP) is 2.62. The van der Waals surface area contributed by atoms with Gasteiger partial charge in [-0.25, -0.2) is 0 Å². The number of aromatic amines is 1. The van der Waals surface area contributed by atoms with Crippen LogP contribution in [0.2, 0.25) is 0 Å². The summed E-state index contributed by atoms with van der Waals surface area (Å²) in [7, 11) is 0. The molecule has 5 nitrogen and oxygen atoms in total. The van der Waals surface area contributed by atoms with Gasteiger partial charge in [0.25, 0.3) is 0 Å². The van der Waals surface area contributed by atoms with Crippen LogP contribution in [0.15, 0.2) is 40.8 Å². The highest BCUT2D eigenvalue weighted by Crippen LogP contribution is 2.28. The molecule has 0 saturated carbocycles. The van der Waals surface area contributed by atoms with Gasteiger partial charge in [0.15, 0.2) is 11.6 Å². The maximum absolute atomic E-state index is 5.88. The van der Waals surface area contributed by atoms with Crippen molar-refractivity contribution in [2.45, 2.75) is 6.42 Å². The fourth-order valence-corrected chi connectivity index (χ4v) is 2.79. The number of furan rings is 1. The molecule has 0 bridgehead atoms. The van der Waals surface area contributed by atoms with Crippen LogP contribution in [0.25, 0.3) is 22.4 Å². The molecular weight excluding hydrogens is 264 g/mol. The van der Waals surface area contributed by atoms with Gasteiger partial charge in [-0.3, -0.25) is 5.10 Å². The first-order valence-electron chi connectivity index (χ1n) is 7.40. The molecule has 21 heavy (non-hydrogen) atoms. The van der Waals surface area contributed by atoms with Crippen molar-refractivity contribution in [2.24, 2.45) is 0 Å². The average Bonchev–Trinajstić information content (AvgIpc) is 3.07. The normalized spacial score (nSPS) is 16.3. The summed E-state index contributed by atoms with van der Waals surface area (Å²) in [6.07, 6.45) is 1.15. The molecule has 2 aromatic heterocycles. The molecule has 0 amide bonds. The maximum atomic E-state index is 5.88. The Hall–Kier alpha value is -2.27. The zero-order valence-electron chi connectivity index (χ0n) is 11.8. The molecule has 3 aromatic rings. The fraction of sp³-hybridized carbons (Fsp3) is 0.312. The lowest BCUT2D eigenvalue weighted by atomic mass is 10.2. The van der Waals surface area contributed by atoms with Crippen molar-refractivity contribution in [3.8, 4) is 11.5 Å². The van der Waals surface area contributed by atoms with E-state index in [2.05, 4.69) is 38.6 Å². The van der Waals surface area contributed by atoms with E-state index in [1.54, 1.807) is 0 Å². The Bertz CT molecular complexity index is 704. The number of hydrogen-bond donors (Lipinski definition) is 2. The number of anilines is 1. The third-order valence-corrected chi connectivity index (χ3v) is 3.92. The second-order valence-electron chi connectivity index (χ2n) is 5.38. The number of rotatable bonds is 2. The molecule has 0 radical (unpaired) electrons. The highest BCUT2D eigenvalue weighted by atomic mass is 16.3. The standard InChI is InChI=1S/C16H18N4O/c1-2-5-14-12(4-1)10-15(21-14)13-11-16(19-18-13)20-8-3-6-17-7-9-20/h1-2,4-5,10-11,17H,3,6-9H2,(H,18,19). The van der Waals surface area contributed by atoms with Crippen LogP contribution in [-0.4, -0.2) is 36.4 Å². The quantitative estimate of drug-likeness (QED) is 0.758. The molecule has 1 fully saturated rings. The van der Waals surface area contributed by atoms with E-state index in [0.717, 1.165) is 60.8 Å². The predicted molar refractivity (Wildman–Crippen MR) is 83.5 cm³/mol. The summed E-state index contributed by atoms with van der Waals surface area (Å²) < 4.78 is 5.88. The number of benzene rings is 1. The number of aromatic nitrogens is 2. The molecule has 0 spiro atoms. The van der Waals surface area contributed by atoms with E-state index in [4.69, 9.17) is 4.42 Å². The first-order chi connectivity index (χ1) is 10.4. The molecule has 1 aliphatic rings. The number of H-pyrrole nitrogens is 1. The lowest BCUT2D eigenvalue weighted by Gasteiger charge is -2.18. The van der Waals surface area contributed by atoms with Crippen molar-refractivity contribution in [1.82, 2.24) is 15.5 Å². The Morgan fingerprint density at radius 3 is 3.00 bits per heavy atom. The van der Waals surface area contributed by atoms with E-state index < -0.39 is 0 Å². The van der Waals surface area contributed by atoms with Gasteiger partial charge in [0.2, 0.25) is 0 Å². The molecule has 0 atom stereocenters. The summed E-state index contributed by atoms with van der Waals surface area (Å²) >= 11 is 0.